The van der Waals surface area contributed by atoms with Crippen LogP contribution in [0.25, 0.3) is 0 Å². The van der Waals surface area contributed by atoms with Gasteiger partial charge in [0.15, 0.2) is 0 Å². The topological polar surface area (TPSA) is 44.8 Å². The SMILES string of the molecule is COC(=O)c1c(Br)c(OC)cc(C)c1OC. The predicted octanol–water partition coefficient (Wildman–Crippen LogP) is 2.56. The highest BCUT2D eigenvalue weighted by atomic mass is 79.9. The molecule has 0 atom stereocenters. The average molecular weight is 289 g/mol. The maximum absolute atomic E-state index is 11.6. The van der Waals surface area contributed by atoms with E-state index < -0.39 is 5.97 Å². The predicted molar refractivity (Wildman–Crippen MR) is 63.3 cm³/mol. The quantitative estimate of drug-likeness (QED) is 0.802. The van der Waals surface area contributed by atoms with Crippen molar-refractivity contribution in [1.29, 1.82) is 0 Å². The number of carbonyl (C=O) groups excluding carboxylic acids is 1. The van der Waals surface area contributed by atoms with Crippen LogP contribution in [0.15, 0.2) is 10.5 Å². The molecule has 1 rings (SSSR count). The summed E-state index contributed by atoms with van der Waals surface area (Å²) in [7, 11) is 4.36. The molecule has 5 heteroatoms. The smallest absolute Gasteiger partial charge is 0.342 e. The number of esters is 1. The van der Waals surface area contributed by atoms with Crippen molar-refractivity contribution in [1.82, 2.24) is 0 Å². The van der Waals surface area contributed by atoms with Crippen LogP contribution in [0.4, 0.5) is 0 Å². The molecule has 0 aliphatic heterocycles. The van der Waals surface area contributed by atoms with Crippen LogP contribution < -0.4 is 9.47 Å². The number of halogens is 1. The molecule has 0 amide bonds. The number of aryl methyl sites for hydroxylation is 1. The molecular formula is C11H13BrO4. The second-order valence-corrected chi connectivity index (χ2v) is 3.90. The summed E-state index contributed by atoms with van der Waals surface area (Å²) in [6.07, 6.45) is 0. The summed E-state index contributed by atoms with van der Waals surface area (Å²) in [5.41, 5.74) is 1.14. The number of hydrogen-bond donors (Lipinski definition) is 0. The molecule has 0 aromatic heterocycles. The molecule has 0 aliphatic carbocycles. The van der Waals surface area contributed by atoms with Crippen molar-refractivity contribution in [2.45, 2.75) is 6.92 Å². The molecule has 4 nitrogen and oxygen atoms in total. The largest absolute Gasteiger partial charge is 0.496 e. The van der Waals surface area contributed by atoms with Crippen LogP contribution in [-0.4, -0.2) is 27.3 Å². The van der Waals surface area contributed by atoms with E-state index in [0.717, 1.165) is 5.56 Å². The van der Waals surface area contributed by atoms with Gasteiger partial charge in [-0.25, -0.2) is 4.79 Å². The van der Waals surface area contributed by atoms with Crippen molar-refractivity contribution in [3.05, 3.63) is 21.7 Å². The minimum absolute atomic E-state index is 0.335. The molecule has 0 radical (unpaired) electrons. The van der Waals surface area contributed by atoms with Gasteiger partial charge in [-0.3, -0.25) is 0 Å². The Morgan fingerprint density at radius 1 is 1.25 bits per heavy atom. The number of methoxy groups -OCH3 is 3. The maximum Gasteiger partial charge on any atom is 0.342 e. The number of rotatable bonds is 3. The second kappa shape index (κ2) is 5.21. The van der Waals surface area contributed by atoms with Crippen LogP contribution in [0.3, 0.4) is 0 Å². The lowest BCUT2D eigenvalue weighted by molar-refractivity contribution is 0.0595. The van der Waals surface area contributed by atoms with Gasteiger partial charge in [-0.2, -0.15) is 0 Å². The van der Waals surface area contributed by atoms with E-state index in [2.05, 4.69) is 15.9 Å². The van der Waals surface area contributed by atoms with Gasteiger partial charge in [-0.15, -0.1) is 0 Å². The molecule has 0 spiro atoms. The zero-order valence-electron chi connectivity index (χ0n) is 9.59. The summed E-state index contributed by atoms with van der Waals surface area (Å²) >= 11 is 3.30. The summed E-state index contributed by atoms with van der Waals surface area (Å²) < 4.78 is 15.6. The highest BCUT2D eigenvalue weighted by Gasteiger charge is 2.22. The van der Waals surface area contributed by atoms with Crippen LogP contribution >= 0.6 is 15.9 Å². The third-order valence-corrected chi connectivity index (χ3v) is 2.97. The Hall–Kier alpha value is -1.23. The summed E-state index contributed by atoms with van der Waals surface area (Å²) in [6, 6.07) is 1.79. The minimum atomic E-state index is -0.467. The first-order chi connectivity index (χ1) is 7.56. The van der Waals surface area contributed by atoms with Gasteiger partial charge in [0, 0.05) is 0 Å². The Morgan fingerprint density at radius 3 is 2.31 bits per heavy atom. The fourth-order valence-electron chi connectivity index (χ4n) is 1.44. The zero-order chi connectivity index (χ0) is 12.3. The van der Waals surface area contributed by atoms with E-state index in [1.807, 2.05) is 6.92 Å². The van der Waals surface area contributed by atoms with Crippen LogP contribution in [-0.2, 0) is 4.74 Å². The first kappa shape index (κ1) is 12.8. The lowest BCUT2D eigenvalue weighted by atomic mass is 10.1. The van der Waals surface area contributed by atoms with Crippen LogP contribution in [0.5, 0.6) is 11.5 Å². The highest BCUT2D eigenvalue weighted by molar-refractivity contribution is 9.10. The maximum atomic E-state index is 11.6. The average Bonchev–Trinajstić information content (AvgIpc) is 2.29. The molecule has 0 fully saturated rings. The minimum Gasteiger partial charge on any atom is -0.496 e. The molecule has 0 saturated heterocycles. The number of hydrogen-bond acceptors (Lipinski definition) is 4. The van der Waals surface area contributed by atoms with E-state index in [0.29, 0.717) is 21.5 Å². The van der Waals surface area contributed by atoms with Crippen molar-refractivity contribution >= 4 is 21.9 Å². The monoisotopic (exact) mass is 288 g/mol. The Balaban J connectivity index is 3.51. The van der Waals surface area contributed by atoms with Gasteiger partial charge in [0.05, 0.1) is 25.8 Å². The fourth-order valence-corrected chi connectivity index (χ4v) is 2.06. The van der Waals surface area contributed by atoms with Crippen molar-refractivity contribution in [3.63, 3.8) is 0 Å². The standard InChI is InChI=1S/C11H13BrO4/c1-6-5-7(14-2)9(12)8(10(6)15-3)11(13)16-4/h5H,1-4H3. The Bertz CT molecular complexity index is 415. The van der Waals surface area contributed by atoms with Crippen molar-refractivity contribution in [2.75, 3.05) is 21.3 Å². The van der Waals surface area contributed by atoms with E-state index in [1.54, 1.807) is 6.07 Å². The molecular weight excluding hydrogens is 276 g/mol. The van der Waals surface area contributed by atoms with Crippen molar-refractivity contribution in [3.8, 4) is 11.5 Å². The highest BCUT2D eigenvalue weighted by Crippen LogP contribution is 2.38. The second-order valence-electron chi connectivity index (χ2n) is 3.11. The van der Waals surface area contributed by atoms with E-state index >= 15 is 0 Å². The lowest BCUT2D eigenvalue weighted by Crippen LogP contribution is -2.07. The molecule has 88 valence electrons. The lowest BCUT2D eigenvalue weighted by Gasteiger charge is -2.14. The normalized spacial score (nSPS) is 9.81. The summed E-state index contributed by atoms with van der Waals surface area (Å²) in [4.78, 5) is 11.6. The van der Waals surface area contributed by atoms with Crippen molar-refractivity contribution < 1.29 is 19.0 Å². The van der Waals surface area contributed by atoms with Gasteiger partial charge in [-0.1, -0.05) is 0 Å². The Kier molecular flexibility index (Phi) is 4.18. The molecule has 0 heterocycles. The molecule has 0 unspecified atom stereocenters. The molecule has 0 saturated carbocycles. The van der Waals surface area contributed by atoms with Crippen LogP contribution in [0.1, 0.15) is 15.9 Å². The molecule has 0 N–H and O–H groups in total. The number of benzene rings is 1. The van der Waals surface area contributed by atoms with Gasteiger partial charge < -0.3 is 14.2 Å². The summed E-state index contributed by atoms with van der Waals surface area (Å²) in [5, 5.41) is 0. The molecule has 0 bridgehead atoms. The van der Waals surface area contributed by atoms with Crippen LogP contribution in [0.2, 0.25) is 0 Å². The van der Waals surface area contributed by atoms with Gasteiger partial charge in [0.1, 0.15) is 17.1 Å². The molecule has 1 aromatic rings. The Morgan fingerprint density at radius 2 is 1.88 bits per heavy atom. The third-order valence-electron chi connectivity index (χ3n) is 2.18. The summed E-state index contributed by atoms with van der Waals surface area (Å²) in [5.74, 6) is 0.587. The number of ether oxygens (including phenoxy) is 3. The molecule has 1 aromatic carbocycles. The van der Waals surface area contributed by atoms with E-state index in [-0.39, 0.29) is 0 Å². The third kappa shape index (κ3) is 2.14. The first-order valence-corrected chi connectivity index (χ1v) is 5.35. The van der Waals surface area contributed by atoms with Gasteiger partial charge in [0.2, 0.25) is 0 Å². The van der Waals surface area contributed by atoms with E-state index in [1.165, 1.54) is 21.3 Å². The van der Waals surface area contributed by atoms with E-state index in [4.69, 9.17) is 14.2 Å². The van der Waals surface area contributed by atoms with E-state index in [9.17, 15) is 4.79 Å². The Labute approximate surface area is 103 Å². The van der Waals surface area contributed by atoms with Crippen LogP contribution in [0, 0.1) is 6.92 Å². The number of carbonyl (C=O) groups is 1. The first-order valence-electron chi connectivity index (χ1n) is 4.56. The van der Waals surface area contributed by atoms with Gasteiger partial charge in [-0.05, 0) is 34.5 Å². The zero-order valence-corrected chi connectivity index (χ0v) is 11.2. The fraction of sp³-hybridized carbons (Fsp3) is 0.364. The molecule has 0 aliphatic rings. The van der Waals surface area contributed by atoms with Crippen molar-refractivity contribution in [2.24, 2.45) is 0 Å². The molecule has 16 heavy (non-hydrogen) atoms. The summed E-state index contributed by atoms with van der Waals surface area (Å²) in [6.45, 7) is 1.83. The van der Waals surface area contributed by atoms with Gasteiger partial charge >= 0.3 is 5.97 Å². The van der Waals surface area contributed by atoms with Gasteiger partial charge in [0.25, 0.3) is 0 Å².